The van der Waals surface area contributed by atoms with Crippen molar-refractivity contribution in [3.63, 3.8) is 0 Å². The molecule has 1 rings (SSSR count). The van der Waals surface area contributed by atoms with Crippen molar-refractivity contribution in [1.29, 1.82) is 0 Å². The van der Waals surface area contributed by atoms with E-state index in [1.54, 1.807) is 0 Å². The molecule has 28 heavy (non-hydrogen) atoms. The summed E-state index contributed by atoms with van der Waals surface area (Å²) in [4.78, 5) is 47.6. The first-order valence-electron chi connectivity index (χ1n) is 8.68. The lowest BCUT2D eigenvalue weighted by Crippen LogP contribution is -2.38. The Morgan fingerprint density at radius 3 is 1.32 bits per heavy atom. The molecule has 0 spiro atoms. The van der Waals surface area contributed by atoms with Crippen LogP contribution in [0.25, 0.3) is 0 Å². The van der Waals surface area contributed by atoms with Crippen molar-refractivity contribution < 1.29 is 38.1 Å². The highest BCUT2D eigenvalue weighted by atomic mass is 16.7. The second-order valence-electron chi connectivity index (χ2n) is 5.86. The van der Waals surface area contributed by atoms with Gasteiger partial charge in [-0.15, -0.1) is 0 Å². The van der Waals surface area contributed by atoms with Crippen LogP contribution in [0.15, 0.2) is 50.6 Å². The van der Waals surface area contributed by atoms with Crippen LogP contribution in [0, 0.1) is 11.8 Å². The van der Waals surface area contributed by atoms with Gasteiger partial charge in [0.2, 0.25) is 0 Å². The molecule has 0 bridgehead atoms. The van der Waals surface area contributed by atoms with E-state index in [4.69, 9.17) is 18.9 Å². The smallest absolute Gasteiger partial charge is 0.333 e. The summed E-state index contributed by atoms with van der Waals surface area (Å²) in [6.45, 7) is 13.4. The Balaban J connectivity index is 2.80. The Labute approximate surface area is 163 Å². The van der Waals surface area contributed by atoms with Crippen molar-refractivity contribution in [2.75, 3.05) is 0 Å². The van der Waals surface area contributed by atoms with Gasteiger partial charge in [-0.25, -0.2) is 9.59 Å². The zero-order chi connectivity index (χ0) is 21.1. The number of carbonyl (C=O) groups is 4. The lowest BCUT2D eigenvalue weighted by molar-refractivity contribution is -0.191. The van der Waals surface area contributed by atoms with Gasteiger partial charge in [-0.1, -0.05) is 39.2 Å². The maximum atomic E-state index is 12.5. The number of ether oxygens (including phenoxy) is 4. The normalized spacial score (nSPS) is 20.4. The summed E-state index contributed by atoms with van der Waals surface area (Å²) < 4.78 is 19.9. The molecule has 4 atom stereocenters. The highest BCUT2D eigenvalue weighted by Gasteiger charge is 2.39. The van der Waals surface area contributed by atoms with Crippen LogP contribution in [-0.4, -0.2) is 36.5 Å². The van der Waals surface area contributed by atoms with E-state index < -0.39 is 48.3 Å². The fourth-order valence-corrected chi connectivity index (χ4v) is 2.66. The van der Waals surface area contributed by atoms with Crippen LogP contribution in [-0.2, 0) is 38.1 Å². The van der Waals surface area contributed by atoms with Gasteiger partial charge in [0.05, 0.1) is 11.8 Å². The van der Waals surface area contributed by atoms with Gasteiger partial charge in [0.15, 0.2) is 0 Å². The summed E-state index contributed by atoms with van der Waals surface area (Å²) >= 11 is 0. The highest BCUT2D eigenvalue weighted by molar-refractivity contribution is 5.84. The molecule has 1 aliphatic carbocycles. The van der Waals surface area contributed by atoms with Crippen LogP contribution in [0.1, 0.15) is 25.7 Å². The van der Waals surface area contributed by atoms with Gasteiger partial charge in [-0.3, -0.25) is 9.59 Å². The molecule has 0 aromatic carbocycles. The van der Waals surface area contributed by atoms with Gasteiger partial charge in [0.1, 0.15) is 0 Å². The third-order valence-corrected chi connectivity index (χ3v) is 4.02. The van der Waals surface area contributed by atoms with E-state index in [1.165, 1.54) is 0 Å². The number of rotatable bonds is 10. The standard InChI is InChI=1S/C20H24O8/c1-5-15(21)25-17(7-3)27-19(23)13-11-9-10-12-14(13)20(24)28-18(8-4)26-16(22)6-2/h5-8,13-14,17-18H,1-4,9-12H2. The fraction of sp³-hybridized carbons (Fsp3) is 0.400. The van der Waals surface area contributed by atoms with Crippen molar-refractivity contribution >= 4 is 23.9 Å². The summed E-state index contributed by atoms with van der Waals surface area (Å²) in [7, 11) is 0. The molecule has 0 aliphatic heterocycles. The van der Waals surface area contributed by atoms with Crippen LogP contribution in [0.5, 0.6) is 0 Å². The number of carbonyl (C=O) groups excluding carboxylic acids is 4. The molecule has 0 radical (unpaired) electrons. The first-order chi connectivity index (χ1) is 13.4. The Morgan fingerprint density at radius 1 is 0.679 bits per heavy atom. The number of hydrogen-bond donors (Lipinski definition) is 0. The predicted octanol–water partition coefficient (Wildman–Crippen LogP) is 2.36. The SMILES string of the molecule is C=CC(=O)OC(C=C)OC(=O)C1CCCCC1C(=O)OC(C=C)OC(=O)C=C. The quantitative estimate of drug-likeness (QED) is 0.241. The van der Waals surface area contributed by atoms with E-state index in [2.05, 4.69) is 26.3 Å². The molecule has 0 N–H and O–H groups in total. The third-order valence-electron chi connectivity index (χ3n) is 4.02. The predicted molar refractivity (Wildman–Crippen MR) is 98.2 cm³/mol. The molecule has 0 saturated heterocycles. The van der Waals surface area contributed by atoms with E-state index in [0.717, 1.165) is 24.3 Å². The average molecular weight is 392 g/mol. The highest BCUT2D eigenvalue weighted by Crippen LogP contribution is 2.32. The van der Waals surface area contributed by atoms with E-state index in [0.29, 0.717) is 25.7 Å². The van der Waals surface area contributed by atoms with E-state index in [-0.39, 0.29) is 0 Å². The summed E-state index contributed by atoms with van der Waals surface area (Å²) in [6, 6.07) is 0. The van der Waals surface area contributed by atoms with Gasteiger partial charge < -0.3 is 18.9 Å². The molecular weight excluding hydrogens is 368 g/mol. The maximum absolute atomic E-state index is 12.5. The number of esters is 4. The van der Waals surface area contributed by atoms with Gasteiger partial charge in [0, 0.05) is 12.2 Å². The summed E-state index contributed by atoms with van der Waals surface area (Å²) in [5.41, 5.74) is 0. The van der Waals surface area contributed by atoms with Gasteiger partial charge in [0.25, 0.3) is 12.6 Å². The van der Waals surface area contributed by atoms with E-state index in [1.807, 2.05) is 0 Å². The average Bonchev–Trinajstić information content (AvgIpc) is 2.71. The zero-order valence-electron chi connectivity index (χ0n) is 15.5. The zero-order valence-corrected chi connectivity index (χ0v) is 15.5. The van der Waals surface area contributed by atoms with Crippen LogP contribution < -0.4 is 0 Å². The largest absolute Gasteiger partial charge is 0.421 e. The molecule has 1 aliphatic rings. The minimum Gasteiger partial charge on any atom is -0.421 e. The molecule has 0 aromatic rings. The Kier molecular flexibility index (Phi) is 9.42. The van der Waals surface area contributed by atoms with Crippen LogP contribution in [0.3, 0.4) is 0 Å². The number of hydrogen-bond acceptors (Lipinski definition) is 8. The monoisotopic (exact) mass is 392 g/mol. The summed E-state index contributed by atoms with van der Waals surface area (Å²) in [6.07, 6.45) is 3.73. The maximum Gasteiger partial charge on any atom is 0.333 e. The molecule has 1 fully saturated rings. The Hall–Kier alpha value is -3.16. The molecule has 0 aromatic heterocycles. The molecule has 152 valence electrons. The van der Waals surface area contributed by atoms with Crippen molar-refractivity contribution in [2.45, 2.75) is 38.3 Å². The molecule has 8 nitrogen and oxygen atoms in total. The summed E-state index contributed by atoms with van der Waals surface area (Å²) in [5, 5.41) is 0. The third kappa shape index (κ3) is 6.86. The lowest BCUT2D eigenvalue weighted by Gasteiger charge is -2.29. The van der Waals surface area contributed by atoms with E-state index in [9.17, 15) is 19.2 Å². The van der Waals surface area contributed by atoms with Gasteiger partial charge >= 0.3 is 23.9 Å². The molecular formula is C20H24O8. The van der Waals surface area contributed by atoms with Gasteiger partial charge in [-0.2, -0.15) is 0 Å². The van der Waals surface area contributed by atoms with Crippen LogP contribution in [0.4, 0.5) is 0 Å². The van der Waals surface area contributed by atoms with Crippen LogP contribution in [0.2, 0.25) is 0 Å². The second kappa shape index (κ2) is 11.5. The van der Waals surface area contributed by atoms with Crippen molar-refractivity contribution in [1.82, 2.24) is 0 Å². The Morgan fingerprint density at radius 2 is 1.04 bits per heavy atom. The molecule has 0 amide bonds. The lowest BCUT2D eigenvalue weighted by atomic mass is 9.79. The topological polar surface area (TPSA) is 105 Å². The molecule has 4 unspecified atom stereocenters. The first kappa shape index (κ1) is 22.9. The van der Waals surface area contributed by atoms with Gasteiger partial charge in [-0.05, 0) is 25.0 Å². The molecule has 1 saturated carbocycles. The fourth-order valence-electron chi connectivity index (χ4n) is 2.66. The minimum atomic E-state index is -1.30. The first-order valence-corrected chi connectivity index (χ1v) is 8.68. The molecule has 8 heteroatoms. The minimum absolute atomic E-state index is 0.392. The Bertz CT molecular complexity index is 595. The van der Waals surface area contributed by atoms with Crippen molar-refractivity contribution in [3.05, 3.63) is 50.6 Å². The van der Waals surface area contributed by atoms with Crippen molar-refractivity contribution in [3.8, 4) is 0 Å². The second-order valence-corrected chi connectivity index (χ2v) is 5.86. The molecule has 0 heterocycles. The van der Waals surface area contributed by atoms with Crippen molar-refractivity contribution in [2.24, 2.45) is 11.8 Å². The van der Waals surface area contributed by atoms with E-state index >= 15 is 0 Å². The summed E-state index contributed by atoms with van der Waals surface area (Å²) in [5.74, 6) is -4.60. The van der Waals surface area contributed by atoms with Crippen LogP contribution >= 0.6 is 0 Å².